The van der Waals surface area contributed by atoms with Crippen LogP contribution >= 0.6 is 22.9 Å². The number of esters is 1. The van der Waals surface area contributed by atoms with E-state index in [1.54, 1.807) is 0 Å². The Morgan fingerprint density at radius 2 is 2.15 bits per heavy atom. The Morgan fingerprint density at radius 1 is 1.45 bits per heavy atom. The van der Waals surface area contributed by atoms with Crippen molar-refractivity contribution in [3.05, 3.63) is 33.9 Å². The highest BCUT2D eigenvalue weighted by atomic mass is 35.5. The van der Waals surface area contributed by atoms with Crippen molar-refractivity contribution in [3.63, 3.8) is 0 Å². The van der Waals surface area contributed by atoms with Crippen LogP contribution in [0.25, 0.3) is 10.1 Å². The molecule has 0 aliphatic carbocycles. The third-order valence-corrected chi connectivity index (χ3v) is 4.31. The van der Waals surface area contributed by atoms with Gasteiger partial charge in [-0.3, -0.25) is 4.79 Å². The highest BCUT2D eigenvalue weighted by Crippen LogP contribution is 2.36. The number of likely N-dealkylation sites (N-methyl/N-ethyl adjacent to an activating group) is 1. The molecule has 0 unspecified atom stereocenters. The third-order valence-electron chi connectivity index (χ3n) is 2.68. The number of ether oxygens (including phenoxy) is 1. The van der Waals surface area contributed by atoms with Gasteiger partial charge in [0.05, 0.1) is 5.02 Å². The van der Waals surface area contributed by atoms with E-state index < -0.39 is 23.8 Å². The van der Waals surface area contributed by atoms with Crippen LogP contribution in [0.1, 0.15) is 16.6 Å². The zero-order chi connectivity index (χ0) is 14.9. The Hall–Kier alpha value is -1.66. The smallest absolute Gasteiger partial charge is 0.350 e. The van der Waals surface area contributed by atoms with Crippen LogP contribution in [-0.4, -0.2) is 25.0 Å². The second-order valence-corrected chi connectivity index (χ2v) is 5.48. The lowest BCUT2D eigenvalue weighted by atomic mass is 10.2. The molecule has 0 fully saturated rings. The second-order valence-electron chi connectivity index (χ2n) is 4.05. The molecule has 1 aromatic heterocycles. The van der Waals surface area contributed by atoms with Crippen molar-refractivity contribution in [1.82, 2.24) is 5.32 Å². The van der Waals surface area contributed by atoms with Crippen LogP contribution in [0.5, 0.6) is 0 Å². The number of thiophene rings is 1. The summed E-state index contributed by atoms with van der Waals surface area (Å²) in [5.74, 6) is -1.52. The van der Waals surface area contributed by atoms with Crippen LogP contribution in [0.15, 0.2) is 18.2 Å². The Labute approximate surface area is 123 Å². The number of rotatable bonds is 3. The van der Waals surface area contributed by atoms with Crippen molar-refractivity contribution in [3.8, 4) is 0 Å². The normalized spacial score (nSPS) is 12.2. The van der Waals surface area contributed by atoms with Gasteiger partial charge in [-0.25, -0.2) is 9.18 Å². The Kier molecular flexibility index (Phi) is 4.25. The number of hydrogen-bond donors (Lipinski definition) is 1. The summed E-state index contributed by atoms with van der Waals surface area (Å²) in [5.41, 5.74) is 0. The molecule has 0 saturated heterocycles. The molecule has 1 atom stereocenters. The summed E-state index contributed by atoms with van der Waals surface area (Å²) in [4.78, 5) is 23.4. The number of carbonyl (C=O) groups is 2. The maximum atomic E-state index is 13.1. The van der Waals surface area contributed by atoms with Gasteiger partial charge in [-0.05, 0) is 25.1 Å². The van der Waals surface area contributed by atoms with Crippen molar-refractivity contribution in [2.45, 2.75) is 13.0 Å². The van der Waals surface area contributed by atoms with Gasteiger partial charge in [0, 0.05) is 17.1 Å². The molecular weight excluding hydrogens is 305 g/mol. The summed E-state index contributed by atoms with van der Waals surface area (Å²) in [6.45, 7) is 1.46. The number of nitrogens with one attached hydrogen (secondary N) is 1. The fourth-order valence-electron chi connectivity index (χ4n) is 1.64. The molecule has 0 aliphatic rings. The number of carbonyl (C=O) groups excluding carboxylic acids is 2. The van der Waals surface area contributed by atoms with E-state index in [9.17, 15) is 14.0 Å². The monoisotopic (exact) mass is 315 g/mol. The minimum atomic E-state index is -0.925. The fourth-order valence-corrected chi connectivity index (χ4v) is 3.06. The highest BCUT2D eigenvalue weighted by molar-refractivity contribution is 7.21. The third kappa shape index (κ3) is 2.76. The van der Waals surface area contributed by atoms with Crippen molar-refractivity contribution in [2.75, 3.05) is 7.05 Å². The summed E-state index contributed by atoms with van der Waals surface area (Å²) < 4.78 is 18.7. The number of halogens is 2. The van der Waals surface area contributed by atoms with Gasteiger partial charge < -0.3 is 10.1 Å². The number of hydrogen-bond acceptors (Lipinski definition) is 4. The van der Waals surface area contributed by atoms with E-state index in [0.717, 1.165) is 11.3 Å². The Bertz CT molecular complexity index is 686. The van der Waals surface area contributed by atoms with Crippen LogP contribution < -0.4 is 5.32 Å². The molecule has 0 saturated carbocycles. The van der Waals surface area contributed by atoms with Gasteiger partial charge in [0.2, 0.25) is 0 Å². The molecule has 7 heteroatoms. The maximum Gasteiger partial charge on any atom is 0.350 e. The highest BCUT2D eigenvalue weighted by Gasteiger charge is 2.23. The fraction of sp³-hybridized carbons (Fsp3) is 0.231. The molecule has 0 spiro atoms. The van der Waals surface area contributed by atoms with E-state index in [1.165, 1.54) is 32.2 Å². The Morgan fingerprint density at radius 3 is 2.80 bits per heavy atom. The minimum Gasteiger partial charge on any atom is -0.448 e. The molecule has 0 radical (unpaired) electrons. The van der Waals surface area contributed by atoms with E-state index in [2.05, 4.69) is 5.32 Å². The molecule has 1 heterocycles. The van der Waals surface area contributed by atoms with Crippen LogP contribution in [0.4, 0.5) is 4.39 Å². The first-order valence-corrected chi connectivity index (χ1v) is 6.93. The van der Waals surface area contributed by atoms with Gasteiger partial charge in [-0.15, -0.1) is 11.3 Å². The zero-order valence-electron chi connectivity index (χ0n) is 10.7. The second kappa shape index (κ2) is 5.76. The molecule has 1 amide bonds. The van der Waals surface area contributed by atoms with Gasteiger partial charge in [0.25, 0.3) is 5.91 Å². The maximum absolute atomic E-state index is 13.1. The van der Waals surface area contributed by atoms with Crippen LogP contribution in [0.3, 0.4) is 0 Å². The SMILES string of the molecule is CNC(=O)[C@H](C)OC(=O)c1sc2cc(F)ccc2c1Cl. The van der Waals surface area contributed by atoms with E-state index in [-0.39, 0.29) is 9.90 Å². The number of benzene rings is 1. The first-order valence-electron chi connectivity index (χ1n) is 5.74. The van der Waals surface area contributed by atoms with Crippen molar-refractivity contribution in [2.24, 2.45) is 0 Å². The minimum absolute atomic E-state index is 0.156. The van der Waals surface area contributed by atoms with Crippen LogP contribution in [0.2, 0.25) is 5.02 Å². The lowest BCUT2D eigenvalue weighted by molar-refractivity contribution is -0.128. The lowest BCUT2D eigenvalue weighted by Crippen LogP contribution is -2.33. The molecular formula is C13H11ClFNO3S. The van der Waals surface area contributed by atoms with E-state index in [1.807, 2.05) is 0 Å². The average molecular weight is 316 g/mol. The van der Waals surface area contributed by atoms with Gasteiger partial charge in [-0.2, -0.15) is 0 Å². The lowest BCUT2D eigenvalue weighted by Gasteiger charge is -2.10. The summed E-state index contributed by atoms with van der Waals surface area (Å²) in [5, 5.41) is 3.16. The molecule has 0 bridgehead atoms. The van der Waals surface area contributed by atoms with Crippen molar-refractivity contribution >= 4 is 44.9 Å². The number of amides is 1. The largest absolute Gasteiger partial charge is 0.448 e. The van der Waals surface area contributed by atoms with Gasteiger partial charge in [0.1, 0.15) is 10.7 Å². The van der Waals surface area contributed by atoms with E-state index in [0.29, 0.717) is 10.1 Å². The van der Waals surface area contributed by atoms with E-state index >= 15 is 0 Å². The zero-order valence-corrected chi connectivity index (χ0v) is 12.3. The molecule has 1 N–H and O–H groups in total. The molecule has 2 aromatic rings. The number of fused-ring (bicyclic) bond motifs is 1. The predicted molar refractivity (Wildman–Crippen MR) is 75.7 cm³/mol. The molecule has 2 rings (SSSR count). The summed E-state index contributed by atoms with van der Waals surface area (Å²) in [6.07, 6.45) is -0.925. The standard InChI is InChI=1S/C13H11ClFNO3S/c1-6(12(17)16-2)19-13(18)11-10(14)8-4-3-7(15)5-9(8)20-11/h3-6H,1-2H3,(H,16,17)/t6-/m0/s1. The summed E-state index contributed by atoms with van der Waals surface area (Å²) in [7, 11) is 1.45. The average Bonchev–Trinajstić information content (AvgIpc) is 2.74. The summed E-state index contributed by atoms with van der Waals surface area (Å²) in [6, 6.07) is 4.07. The summed E-state index contributed by atoms with van der Waals surface area (Å²) >= 11 is 7.12. The van der Waals surface area contributed by atoms with Crippen molar-refractivity contribution in [1.29, 1.82) is 0 Å². The quantitative estimate of drug-likeness (QED) is 0.886. The van der Waals surface area contributed by atoms with Crippen LogP contribution in [-0.2, 0) is 9.53 Å². The van der Waals surface area contributed by atoms with Gasteiger partial charge in [-0.1, -0.05) is 11.6 Å². The Balaban J connectivity index is 2.31. The topological polar surface area (TPSA) is 55.4 Å². The first-order chi connectivity index (χ1) is 9.43. The molecule has 106 valence electrons. The van der Waals surface area contributed by atoms with Crippen LogP contribution in [0, 0.1) is 5.82 Å². The molecule has 4 nitrogen and oxygen atoms in total. The van der Waals surface area contributed by atoms with E-state index in [4.69, 9.17) is 16.3 Å². The predicted octanol–water partition coefficient (Wildman–Crippen LogP) is 2.99. The molecule has 0 aliphatic heterocycles. The molecule has 1 aromatic carbocycles. The first kappa shape index (κ1) is 14.7. The molecule has 20 heavy (non-hydrogen) atoms. The van der Waals surface area contributed by atoms with Gasteiger partial charge >= 0.3 is 5.97 Å². The van der Waals surface area contributed by atoms with Crippen molar-refractivity contribution < 1.29 is 18.7 Å². The van der Waals surface area contributed by atoms with Gasteiger partial charge in [0.15, 0.2) is 6.10 Å².